The third kappa shape index (κ3) is 2.54. The average Bonchev–Trinajstić information content (AvgIpc) is 2.66. The summed E-state index contributed by atoms with van der Waals surface area (Å²) in [7, 11) is 0. The van der Waals surface area contributed by atoms with Crippen LogP contribution in [0.25, 0.3) is 0 Å². The molecule has 0 saturated heterocycles. The van der Waals surface area contributed by atoms with E-state index in [1.807, 2.05) is 12.1 Å². The van der Waals surface area contributed by atoms with Crippen LogP contribution in [0.3, 0.4) is 0 Å². The molecule has 2 rings (SSSR count). The Balaban J connectivity index is 1.98. The summed E-state index contributed by atoms with van der Waals surface area (Å²) in [4.78, 5) is 10.8. The van der Waals surface area contributed by atoms with Gasteiger partial charge in [-0.1, -0.05) is 12.1 Å². The van der Waals surface area contributed by atoms with Gasteiger partial charge in [-0.2, -0.15) is 0 Å². The Morgan fingerprint density at radius 1 is 1.31 bits per heavy atom. The number of rotatable bonds is 2. The van der Waals surface area contributed by atoms with Gasteiger partial charge in [0.25, 0.3) is 0 Å². The van der Waals surface area contributed by atoms with E-state index < -0.39 is 0 Å². The highest BCUT2D eigenvalue weighted by atomic mass is 16.5. The molecule has 86 valence electrons. The molecule has 0 bridgehead atoms. The van der Waals surface area contributed by atoms with Crippen molar-refractivity contribution >= 4 is 11.7 Å². The predicted molar refractivity (Wildman–Crippen MR) is 63.0 cm³/mol. The topological polar surface area (TPSA) is 52.3 Å². The van der Waals surface area contributed by atoms with E-state index >= 15 is 0 Å². The molecule has 0 amide bonds. The van der Waals surface area contributed by atoms with Crippen molar-refractivity contribution in [2.45, 2.75) is 38.2 Å². The summed E-state index contributed by atoms with van der Waals surface area (Å²) in [5, 5.41) is 0. The first kappa shape index (κ1) is 11.0. The molecule has 0 spiro atoms. The first-order chi connectivity index (χ1) is 7.65. The fourth-order valence-electron chi connectivity index (χ4n) is 2.35. The number of hydrogen-bond donors (Lipinski definition) is 1. The normalized spacial score (nSPS) is 24.3. The van der Waals surface area contributed by atoms with Gasteiger partial charge in [-0.3, -0.25) is 4.79 Å². The molecule has 1 aromatic rings. The monoisotopic (exact) mass is 219 g/mol. The van der Waals surface area contributed by atoms with Crippen molar-refractivity contribution in [2.75, 3.05) is 5.73 Å². The van der Waals surface area contributed by atoms with E-state index in [0.29, 0.717) is 5.92 Å². The maximum Gasteiger partial charge on any atom is 0.302 e. The highest BCUT2D eigenvalue weighted by Gasteiger charge is 2.27. The third-order valence-corrected chi connectivity index (χ3v) is 3.13. The Hall–Kier alpha value is -1.51. The Morgan fingerprint density at radius 3 is 2.62 bits per heavy atom. The lowest BCUT2D eigenvalue weighted by Gasteiger charge is -2.12. The lowest BCUT2D eigenvalue weighted by Crippen LogP contribution is -2.12. The molecule has 1 saturated carbocycles. The Morgan fingerprint density at radius 2 is 2.00 bits per heavy atom. The average molecular weight is 219 g/mol. The fourth-order valence-corrected chi connectivity index (χ4v) is 2.35. The summed E-state index contributed by atoms with van der Waals surface area (Å²) in [6.45, 7) is 1.47. The highest BCUT2D eigenvalue weighted by Crippen LogP contribution is 2.36. The molecule has 3 nitrogen and oxygen atoms in total. The van der Waals surface area contributed by atoms with Gasteiger partial charge < -0.3 is 10.5 Å². The van der Waals surface area contributed by atoms with Crippen LogP contribution in [0.1, 0.15) is 37.7 Å². The summed E-state index contributed by atoms with van der Waals surface area (Å²) >= 11 is 0. The zero-order valence-electron chi connectivity index (χ0n) is 9.48. The number of benzene rings is 1. The standard InChI is InChI=1S/C13H17NO2/c1-9(15)16-13-7-4-11(8-13)10-2-5-12(14)6-3-10/h2-3,5-6,11,13H,4,7-8,14H2,1H3/t11-,13?/m1/s1. The Bertz CT molecular complexity index is 372. The van der Waals surface area contributed by atoms with Crippen LogP contribution < -0.4 is 5.73 Å². The number of esters is 1. The Labute approximate surface area is 95.6 Å². The maximum absolute atomic E-state index is 10.8. The van der Waals surface area contributed by atoms with E-state index in [9.17, 15) is 4.79 Å². The van der Waals surface area contributed by atoms with Gasteiger partial charge in [0.2, 0.25) is 0 Å². The quantitative estimate of drug-likeness (QED) is 0.614. The molecule has 2 atom stereocenters. The maximum atomic E-state index is 10.8. The minimum absolute atomic E-state index is 0.0973. The lowest BCUT2D eigenvalue weighted by atomic mass is 9.97. The van der Waals surface area contributed by atoms with Crippen LogP contribution in [-0.4, -0.2) is 12.1 Å². The first-order valence-corrected chi connectivity index (χ1v) is 5.68. The summed E-state index contributed by atoms with van der Waals surface area (Å²) < 4.78 is 5.22. The minimum atomic E-state index is -0.178. The minimum Gasteiger partial charge on any atom is -0.463 e. The second-order valence-electron chi connectivity index (χ2n) is 4.41. The largest absolute Gasteiger partial charge is 0.463 e. The summed E-state index contributed by atoms with van der Waals surface area (Å²) in [5.41, 5.74) is 7.73. The molecule has 0 aromatic heterocycles. The van der Waals surface area contributed by atoms with Crippen LogP contribution >= 0.6 is 0 Å². The molecule has 0 aliphatic heterocycles. The second-order valence-corrected chi connectivity index (χ2v) is 4.41. The van der Waals surface area contributed by atoms with Crippen LogP contribution in [0.15, 0.2) is 24.3 Å². The number of carbonyl (C=O) groups excluding carboxylic acids is 1. The molecule has 1 unspecified atom stereocenters. The van der Waals surface area contributed by atoms with Crippen molar-refractivity contribution in [2.24, 2.45) is 0 Å². The van der Waals surface area contributed by atoms with Gasteiger partial charge >= 0.3 is 5.97 Å². The van der Waals surface area contributed by atoms with Crippen molar-refractivity contribution in [3.63, 3.8) is 0 Å². The van der Waals surface area contributed by atoms with E-state index in [1.165, 1.54) is 12.5 Å². The van der Waals surface area contributed by atoms with Gasteiger partial charge in [-0.05, 0) is 42.9 Å². The molecule has 1 aliphatic rings. The molecular weight excluding hydrogens is 202 g/mol. The van der Waals surface area contributed by atoms with Gasteiger partial charge in [-0.25, -0.2) is 0 Å². The van der Waals surface area contributed by atoms with Crippen LogP contribution in [0, 0.1) is 0 Å². The molecule has 16 heavy (non-hydrogen) atoms. The van der Waals surface area contributed by atoms with Crippen LogP contribution in [0.4, 0.5) is 5.69 Å². The SMILES string of the molecule is CC(=O)OC1CC[C@@H](c2ccc(N)cc2)C1. The van der Waals surface area contributed by atoms with Crippen molar-refractivity contribution in [1.29, 1.82) is 0 Å². The number of ether oxygens (including phenoxy) is 1. The van der Waals surface area contributed by atoms with Gasteiger partial charge in [0.15, 0.2) is 0 Å². The molecule has 1 aromatic carbocycles. The van der Waals surface area contributed by atoms with Crippen molar-refractivity contribution in [3.05, 3.63) is 29.8 Å². The van der Waals surface area contributed by atoms with E-state index in [-0.39, 0.29) is 12.1 Å². The molecule has 2 N–H and O–H groups in total. The van der Waals surface area contributed by atoms with Gasteiger partial charge in [-0.15, -0.1) is 0 Å². The number of carbonyl (C=O) groups is 1. The molecular formula is C13H17NO2. The van der Waals surface area contributed by atoms with Crippen LogP contribution in [0.5, 0.6) is 0 Å². The van der Waals surface area contributed by atoms with Crippen molar-refractivity contribution in [3.8, 4) is 0 Å². The number of anilines is 1. The van der Waals surface area contributed by atoms with Gasteiger partial charge in [0.05, 0.1) is 0 Å². The summed E-state index contributed by atoms with van der Waals surface area (Å²) in [5.74, 6) is 0.327. The highest BCUT2D eigenvalue weighted by molar-refractivity contribution is 5.66. The molecule has 1 aliphatic carbocycles. The van der Waals surface area contributed by atoms with Crippen LogP contribution in [0.2, 0.25) is 0 Å². The number of hydrogen-bond acceptors (Lipinski definition) is 3. The number of nitrogens with two attached hydrogens (primary N) is 1. The zero-order valence-corrected chi connectivity index (χ0v) is 9.48. The molecule has 3 heteroatoms. The van der Waals surface area contributed by atoms with E-state index in [4.69, 9.17) is 10.5 Å². The Kier molecular flexibility index (Phi) is 3.13. The summed E-state index contributed by atoms with van der Waals surface area (Å²) in [6, 6.07) is 7.98. The molecule has 1 fully saturated rings. The zero-order chi connectivity index (χ0) is 11.5. The van der Waals surface area contributed by atoms with Crippen LogP contribution in [-0.2, 0) is 9.53 Å². The van der Waals surface area contributed by atoms with E-state index in [2.05, 4.69) is 12.1 Å². The van der Waals surface area contributed by atoms with Crippen molar-refractivity contribution < 1.29 is 9.53 Å². The van der Waals surface area contributed by atoms with Crippen molar-refractivity contribution in [1.82, 2.24) is 0 Å². The number of nitrogen functional groups attached to an aromatic ring is 1. The predicted octanol–water partition coefficient (Wildman–Crippen LogP) is 2.47. The fraction of sp³-hybridized carbons (Fsp3) is 0.462. The smallest absolute Gasteiger partial charge is 0.302 e. The van der Waals surface area contributed by atoms with Gasteiger partial charge in [0, 0.05) is 12.6 Å². The molecule has 0 heterocycles. The second kappa shape index (κ2) is 4.56. The third-order valence-electron chi connectivity index (χ3n) is 3.13. The first-order valence-electron chi connectivity index (χ1n) is 5.68. The van der Waals surface area contributed by atoms with E-state index in [1.54, 1.807) is 0 Å². The molecule has 0 radical (unpaired) electrons. The summed E-state index contributed by atoms with van der Waals surface area (Å²) in [6.07, 6.45) is 3.08. The van der Waals surface area contributed by atoms with Gasteiger partial charge in [0.1, 0.15) is 6.10 Å². The lowest BCUT2D eigenvalue weighted by molar-refractivity contribution is -0.145. The van der Waals surface area contributed by atoms with E-state index in [0.717, 1.165) is 24.9 Å².